The van der Waals surface area contributed by atoms with E-state index < -0.39 is 23.8 Å². The first-order valence-corrected chi connectivity index (χ1v) is 8.59. The van der Waals surface area contributed by atoms with Crippen LogP contribution in [-0.4, -0.2) is 42.0 Å². The average Bonchev–Trinajstić information content (AvgIpc) is 2.45. The van der Waals surface area contributed by atoms with Gasteiger partial charge in [-0.05, 0) is 45.2 Å². The molecule has 3 N–H and O–H groups in total. The first kappa shape index (κ1) is 20.5. The number of ether oxygens (including phenoxy) is 1. The quantitative estimate of drug-likeness (QED) is 0.683. The summed E-state index contributed by atoms with van der Waals surface area (Å²) in [5.41, 5.74) is 0.490. The Balaban J connectivity index is 2.69. The minimum atomic E-state index is -0.698. The fourth-order valence-corrected chi connectivity index (χ4v) is 2.27. The van der Waals surface area contributed by atoms with Gasteiger partial charge in [0.25, 0.3) is 0 Å². The van der Waals surface area contributed by atoms with Gasteiger partial charge in [-0.15, -0.1) is 0 Å². The van der Waals surface area contributed by atoms with Crippen molar-refractivity contribution in [1.29, 1.82) is 0 Å². The first-order chi connectivity index (χ1) is 11.2. The molecule has 0 radical (unpaired) electrons. The van der Waals surface area contributed by atoms with E-state index in [-0.39, 0.29) is 0 Å². The maximum Gasteiger partial charge on any atom is 0.407 e. The van der Waals surface area contributed by atoms with E-state index in [1.54, 1.807) is 0 Å². The molecule has 0 saturated heterocycles. The molecule has 0 fully saturated rings. The number of hydrogen-bond acceptors (Lipinski definition) is 4. The van der Waals surface area contributed by atoms with Gasteiger partial charge in [-0.3, -0.25) is 0 Å². The van der Waals surface area contributed by atoms with Crippen LogP contribution in [0.4, 0.5) is 4.79 Å². The minimum absolute atomic E-state index is 0.415. The molecule has 1 amide bonds. The zero-order chi connectivity index (χ0) is 18.2. The Morgan fingerprint density at radius 3 is 2.33 bits per heavy atom. The molecule has 1 rings (SSSR count). The third-order valence-electron chi connectivity index (χ3n) is 3.37. The lowest BCUT2D eigenvalue weighted by Gasteiger charge is -2.27. The molecule has 0 bridgehead atoms. The lowest BCUT2D eigenvalue weighted by molar-refractivity contribution is 0.0422. The molecule has 0 heterocycles. The van der Waals surface area contributed by atoms with Gasteiger partial charge in [-0.1, -0.05) is 44.2 Å². The summed E-state index contributed by atoms with van der Waals surface area (Å²) in [6, 6.07) is 9.39. The van der Waals surface area contributed by atoms with Crippen LogP contribution < -0.4 is 10.6 Å². The molecule has 5 nitrogen and oxygen atoms in total. The van der Waals surface area contributed by atoms with Crippen molar-refractivity contribution in [3.63, 3.8) is 0 Å². The maximum atomic E-state index is 12.1. The van der Waals surface area contributed by atoms with E-state index in [4.69, 9.17) is 4.74 Å². The number of aliphatic hydroxyl groups excluding tert-OH is 1. The summed E-state index contributed by atoms with van der Waals surface area (Å²) >= 11 is 0. The van der Waals surface area contributed by atoms with Crippen LogP contribution in [0.5, 0.6) is 0 Å². The van der Waals surface area contributed by atoms with Gasteiger partial charge >= 0.3 is 6.09 Å². The second-order valence-electron chi connectivity index (χ2n) is 7.56. The highest BCUT2D eigenvalue weighted by Gasteiger charge is 2.24. The number of nitrogens with one attached hydrogen (secondary N) is 2. The second-order valence-corrected chi connectivity index (χ2v) is 7.56. The van der Waals surface area contributed by atoms with Crippen molar-refractivity contribution in [3.05, 3.63) is 35.9 Å². The predicted molar refractivity (Wildman–Crippen MR) is 97.0 cm³/mol. The average molecular weight is 336 g/mol. The summed E-state index contributed by atoms with van der Waals surface area (Å²) in [5.74, 6) is 0.503. The van der Waals surface area contributed by atoms with Gasteiger partial charge in [-0.25, -0.2) is 4.79 Å². The fraction of sp³-hybridized carbons (Fsp3) is 0.632. The van der Waals surface area contributed by atoms with E-state index in [1.807, 2.05) is 51.1 Å². The topological polar surface area (TPSA) is 70.6 Å². The lowest BCUT2D eigenvalue weighted by Crippen LogP contribution is -2.50. The molecule has 1 aromatic rings. The van der Waals surface area contributed by atoms with Crippen molar-refractivity contribution >= 4 is 6.09 Å². The van der Waals surface area contributed by atoms with Crippen LogP contribution in [0.1, 0.15) is 40.2 Å². The van der Waals surface area contributed by atoms with Crippen LogP contribution in [0.2, 0.25) is 0 Å². The highest BCUT2D eigenvalue weighted by Crippen LogP contribution is 2.10. The molecule has 136 valence electrons. The number of amides is 1. The van der Waals surface area contributed by atoms with Gasteiger partial charge in [-0.2, -0.15) is 0 Å². The molecule has 0 aliphatic rings. The van der Waals surface area contributed by atoms with Crippen LogP contribution in [0.15, 0.2) is 30.3 Å². The monoisotopic (exact) mass is 336 g/mol. The molecule has 0 aliphatic carbocycles. The fourth-order valence-electron chi connectivity index (χ4n) is 2.27. The van der Waals surface area contributed by atoms with Crippen LogP contribution in [0, 0.1) is 5.92 Å². The minimum Gasteiger partial charge on any atom is -0.444 e. The van der Waals surface area contributed by atoms with Gasteiger partial charge in [0.1, 0.15) is 5.60 Å². The van der Waals surface area contributed by atoms with Crippen molar-refractivity contribution < 1.29 is 14.6 Å². The van der Waals surface area contributed by atoms with Gasteiger partial charge in [0, 0.05) is 6.54 Å². The van der Waals surface area contributed by atoms with E-state index in [9.17, 15) is 9.90 Å². The number of benzene rings is 1. The largest absolute Gasteiger partial charge is 0.444 e. The molecule has 0 aromatic heterocycles. The molecule has 0 spiro atoms. The van der Waals surface area contributed by atoms with Crippen LogP contribution in [-0.2, 0) is 11.2 Å². The zero-order valence-electron chi connectivity index (χ0n) is 15.5. The second kappa shape index (κ2) is 9.64. The number of aliphatic hydroxyl groups is 1. The molecular weight excluding hydrogens is 304 g/mol. The summed E-state index contributed by atoms with van der Waals surface area (Å²) in [7, 11) is 0. The van der Waals surface area contributed by atoms with Crippen molar-refractivity contribution in [2.24, 2.45) is 5.92 Å². The van der Waals surface area contributed by atoms with Gasteiger partial charge in [0.2, 0.25) is 0 Å². The molecule has 2 atom stereocenters. The van der Waals surface area contributed by atoms with Crippen molar-refractivity contribution in [1.82, 2.24) is 10.6 Å². The SMILES string of the molecule is CC(C)CNC[C@@H](O)[C@@H](Cc1ccccc1)NC(=O)OC(C)(C)C. The Morgan fingerprint density at radius 2 is 1.79 bits per heavy atom. The van der Waals surface area contributed by atoms with E-state index in [0.29, 0.717) is 18.9 Å². The summed E-state index contributed by atoms with van der Waals surface area (Å²) in [6.07, 6.45) is -0.659. The summed E-state index contributed by atoms with van der Waals surface area (Å²) < 4.78 is 5.32. The summed E-state index contributed by atoms with van der Waals surface area (Å²) in [6.45, 7) is 10.9. The number of carbonyl (C=O) groups is 1. The van der Waals surface area contributed by atoms with Crippen LogP contribution >= 0.6 is 0 Å². The number of carbonyl (C=O) groups excluding carboxylic acids is 1. The predicted octanol–water partition coefficient (Wildman–Crippen LogP) is 2.73. The van der Waals surface area contributed by atoms with E-state index >= 15 is 0 Å². The van der Waals surface area contributed by atoms with Crippen molar-refractivity contribution in [2.75, 3.05) is 13.1 Å². The van der Waals surface area contributed by atoms with E-state index in [1.165, 1.54) is 0 Å². The third kappa shape index (κ3) is 8.89. The molecule has 24 heavy (non-hydrogen) atoms. The van der Waals surface area contributed by atoms with Crippen molar-refractivity contribution in [2.45, 2.75) is 58.8 Å². The molecule has 1 aromatic carbocycles. The van der Waals surface area contributed by atoms with Gasteiger partial charge < -0.3 is 20.5 Å². The zero-order valence-corrected chi connectivity index (χ0v) is 15.5. The Morgan fingerprint density at radius 1 is 1.17 bits per heavy atom. The molecule has 0 unspecified atom stereocenters. The molecule has 5 heteroatoms. The van der Waals surface area contributed by atoms with Gasteiger partial charge in [0.05, 0.1) is 12.1 Å². The van der Waals surface area contributed by atoms with Crippen LogP contribution in [0.3, 0.4) is 0 Å². The smallest absolute Gasteiger partial charge is 0.407 e. The summed E-state index contributed by atoms with van der Waals surface area (Å²) in [5, 5.41) is 16.5. The number of rotatable bonds is 8. The Bertz CT molecular complexity index is 483. The highest BCUT2D eigenvalue weighted by atomic mass is 16.6. The highest BCUT2D eigenvalue weighted by molar-refractivity contribution is 5.68. The van der Waals surface area contributed by atoms with E-state index in [2.05, 4.69) is 24.5 Å². The first-order valence-electron chi connectivity index (χ1n) is 8.59. The Hall–Kier alpha value is -1.59. The van der Waals surface area contributed by atoms with Crippen LogP contribution in [0.25, 0.3) is 0 Å². The van der Waals surface area contributed by atoms with E-state index in [0.717, 1.165) is 12.1 Å². The Labute approximate surface area is 145 Å². The number of hydrogen-bond donors (Lipinski definition) is 3. The lowest BCUT2D eigenvalue weighted by atomic mass is 10.0. The maximum absolute atomic E-state index is 12.1. The third-order valence-corrected chi connectivity index (χ3v) is 3.37. The van der Waals surface area contributed by atoms with Crippen molar-refractivity contribution in [3.8, 4) is 0 Å². The van der Waals surface area contributed by atoms with Gasteiger partial charge in [0.15, 0.2) is 0 Å². The molecule has 0 saturated carbocycles. The number of alkyl carbamates (subject to hydrolysis) is 1. The normalized spacial score (nSPS) is 14.3. The summed E-state index contributed by atoms with van der Waals surface area (Å²) in [4.78, 5) is 12.1. The standard InChI is InChI=1S/C19H32N2O3/c1-14(2)12-20-13-17(22)16(11-15-9-7-6-8-10-15)21-18(23)24-19(3,4)5/h6-10,14,16-17,20,22H,11-13H2,1-5H3,(H,21,23)/t16-,17-/m1/s1. The Kier molecular flexibility index (Phi) is 8.22. The molecular formula is C19H32N2O3. The molecule has 0 aliphatic heterocycles.